The van der Waals surface area contributed by atoms with E-state index in [1.807, 2.05) is 19.1 Å². The van der Waals surface area contributed by atoms with E-state index in [9.17, 15) is 18.3 Å². The summed E-state index contributed by atoms with van der Waals surface area (Å²) in [6, 6.07) is 6.23. The van der Waals surface area contributed by atoms with Gasteiger partial charge in [-0.15, -0.1) is 0 Å². The fourth-order valence-corrected chi connectivity index (χ4v) is 7.02. The van der Waals surface area contributed by atoms with Crippen LogP contribution in [0.25, 0.3) is 11.1 Å². The van der Waals surface area contributed by atoms with E-state index in [-0.39, 0.29) is 24.7 Å². The number of aliphatic hydroxyl groups excluding tert-OH is 1. The van der Waals surface area contributed by atoms with Gasteiger partial charge in [0.2, 0.25) is 11.8 Å². The number of rotatable bonds is 7. The summed E-state index contributed by atoms with van der Waals surface area (Å²) in [6.45, 7) is 3.07. The van der Waals surface area contributed by atoms with Crippen LogP contribution < -0.4 is 10.6 Å². The predicted octanol–water partition coefficient (Wildman–Crippen LogP) is 8.78. The fraction of sp³-hybridized carbons (Fsp3) is 0.486. The van der Waals surface area contributed by atoms with Crippen LogP contribution in [0.4, 0.5) is 18.9 Å². The smallest absolute Gasteiger partial charge is 0.248 e. The first kappa shape index (κ1) is 31.6. The highest BCUT2D eigenvalue weighted by Crippen LogP contribution is 2.40. The number of dihydropyridines is 1. The molecule has 3 aliphatic carbocycles. The molecule has 1 aromatic carbocycles. The van der Waals surface area contributed by atoms with Crippen LogP contribution in [0.15, 0.2) is 82.4 Å². The molecule has 5 aliphatic rings. The highest BCUT2D eigenvalue weighted by Gasteiger charge is 2.32. The van der Waals surface area contributed by atoms with Crippen molar-refractivity contribution in [2.75, 3.05) is 18.4 Å². The Morgan fingerprint density at radius 3 is 2.82 bits per heavy atom. The van der Waals surface area contributed by atoms with Crippen molar-refractivity contribution >= 4 is 22.7 Å². The number of aliphatic hydroxyl groups is 1. The van der Waals surface area contributed by atoms with Crippen LogP contribution in [0.5, 0.6) is 0 Å². The summed E-state index contributed by atoms with van der Waals surface area (Å²) >= 11 is 0. The second-order valence-electron chi connectivity index (χ2n) is 13.1. The van der Waals surface area contributed by atoms with Crippen molar-refractivity contribution in [3.8, 4) is 0 Å². The van der Waals surface area contributed by atoms with Gasteiger partial charge < -0.3 is 15.2 Å². The largest absolute Gasteiger partial charge is 0.440 e. The summed E-state index contributed by atoms with van der Waals surface area (Å²) in [5.41, 5.74) is 7.53. The number of hydrogen-bond acceptors (Lipinski definition) is 5. The molecule has 45 heavy (non-hydrogen) atoms. The maximum absolute atomic E-state index is 14.0. The van der Waals surface area contributed by atoms with Crippen LogP contribution in [-0.4, -0.2) is 42.3 Å². The van der Waals surface area contributed by atoms with Gasteiger partial charge in [-0.3, -0.25) is 5.32 Å². The monoisotopic (exact) mass is 619 g/mol. The summed E-state index contributed by atoms with van der Waals surface area (Å²) in [5, 5.41) is 18.3. The molecule has 3 atom stereocenters. The molecule has 0 saturated heterocycles. The van der Waals surface area contributed by atoms with E-state index >= 15 is 0 Å². The molecule has 6 rings (SSSR count). The molecule has 0 spiro atoms. The lowest BCUT2D eigenvalue weighted by Gasteiger charge is -2.30. The molecule has 240 valence electrons. The number of allylic oxidation sites excluding steroid dienone is 7. The molecule has 0 bridgehead atoms. The van der Waals surface area contributed by atoms with Gasteiger partial charge in [-0.1, -0.05) is 29.9 Å². The van der Waals surface area contributed by atoms with Crippen molar-refractivity contribution in [2.45, 2.75) is 95.7 Å². The standard InChI is InChI=1S/C37H44F3N3O2/c1-24-22-41-33-13-11-28(27-8-3-2-6-26(19-27)18-25-7-5-16-37(39,40)17-15-25)20-32(33)35(24)36(44)43-30-12-14-34(42-23-30)45-31-10-4-9-29(38)21-31/h6,10-14,19-21,25,30,36,41,43-44H,2-5,7-9,15-18,22-23H2,1H3. The molecule has 0 radical (unpaired) electrons. The molecular weight excluding hydrogens is 575 g/mol. The van der Waals surface area contributed by atoms with Crippen LogP contribution in [-0.2, 0) is 4.74 Å². The first-order valence-electron chi connectivity index (χ1n) is 16.5. The van der Waals surface area contributed by atoms with E-state index < -0.39 is 12.2 Å². The number of hydrogen-bond donors (Lipinski definition) is 3. The lowest BCUT2D eigenvalue weighted by molar-refractivity contribution is -0.0147. The molecule has 2 aliphatic heterocycles. The van der Waals surface area contributed by atoms with E-state index in [0.29, 0.717) is 56.3 Å². The lowest BCUT2D eigenvalue weighted by Crippen LogP contribution is -2.42. The zero-order chi connectivity index (χ0) is 31.4. The van der Waals surface area contributed by atoms with Crippen LogP contribution in [0.1, 0.15) is 88.7 Å². The SMILES string of the molecule is CC1=C(C(O)NC2C=CC(OC3=CCCC(F)=C3)=NC2)c2cc(C3=CC(CC4CCCC(F)(F)CC4)=CCCC3)ccc2NC1. The predicted molar refractivity (Wildman–Crippen MR) is 176 cm³/mol. The van der Waals surface area contributed by atoms with Gasteiger partial charge in [-0.2, -0.15) is 0 Å². The van der Waals surface area contributed by atoms with Gasteiger partial charge in [0, 0.05) is 54.7 Å². The highest BCUT2D eigenvalue weighted by molar-refractivity contribution is 5.90. The number of ether oxygens (including phenoxy) is 1. The number of fused-ring (bicyclic) bond motifs is 1. The Kier molecular flexibility index (Phi) is 9.81. The number of benzene rings is 1. The van der Waals surface area contributed by atoms with E-state index in [1.165, 1.54) is 17.2 Å². The maximum Gasteiger partial charge on any atom is 0.248 e. The van der Waals surface area contributed by atoms with Crippen LogP contribution in [0, 0.1) is 5.92 Å². The number of anilines is 1. The molecule has 3 N–H and O–H groups in total. The van der Waals surface area contributed by atoms with Crippen molar-refractivity contribution in [2.24, 2.45) is 10.9 Å². The quantitative estimate of drug-likeness (QED) is 0.211. The Balaban J connectivity index is 1.14. The third-order valence-corrected chi connectivity index (χ3v) is 9.51. The molecule has 8 heteroatoms. The van der Waals surface area contributed by atoms with E-state index in [2.05, 4.69) is 46.0 Å². The van der Waals surface area contributed by atoms with E-state index in [0.717, 1.165) is 60.1 Å². The number of alkyl halides is 2. The second-order valence-corrected chi connectivity index (χ2v) is 13.1. The van der Waals surface area contributed by atoms with Crippen molar-refractivity contribution < 1.29 is 23.0 Å². The zero-order valence-corrected chi connectivity index (χ0v) is 26.1. The molecule has 2 heterocycles. The molecule has 0 aromatic heterocycles. The minimum Gasteiger partial charge on any atom is -0.440 e. The number of nitrogens with one attached hydrogen (secondary N) is 2. The Morgan fingerprint density at radius 1 is 1.11 bits per heavy atom. The van der Waals surface area contributed by atoms with Crippen molar-refractivity contribution in [3.05, 3.63) is 88.5 Å². The average Bonchev–Trinajstić information content (AvgIpc) is 3.35. The van der Waals surface area contributed by atoms with Gasteiger partial charge in [-0.05, 0) is 105 Å². The molecule has 0 amide bonds. The van der Waals surface area contributed by atoms with Gasteiger partial charge in [-0.25, -0.2) is 18.2 Å². The molecule has 3 unspecified atom stereocenters. The summed E-state index contributed by atoms with van der Waals surface area (Å²) in [5.74, 6) is -1.51. The Bertz CT molecular complexity index is 1500. The van der Waals surface area contributed by atoms with Gasteiger partial charge in [0.1, 0.15) is 17.8 Å². The van der Waals surface area contributed by atoms with E-state index in [4.69, 9.17) is 4.74 Å². The zero-order valence-electron chi connectivity index (χ0n) is 26.1. The van der Waals surface area contributed by atoms with Crippen LogP contribution in [0.2, 0.25) is 0 Å². The van der Waals surface area contributed by atoms with Gasteiger partial charge in [0.15, 0.2) is 0 Å². The first-order chi connectivity index (χ1) is 21.7. The Morgan fingerprint density at radius 2 is 2.00 bits per heavy atom. The van der Waals surface area contributed by atoms with E-state index in [1.54, 1.807) is 6.08 Å². The second kappa shape index (κ2) is 14.0. The summed E-state index contributed by atoms with van der Waals surface area (Å²) < 4.78 is 47.3. The fourth-order valence-electron chi connectivity index (χ4n) is 7.02. The number of halogens is 3. The third kappa shape index (κ3) is 8.08. The Labute approximate surface area is 264 Å². The summed E-state index contributed by atoms with van der Waals surface area (Å²) in [7, 11) is 0. The molecule has 1 fully saturated rings. The van der Waals surface area contributed by atoms with Gasteiger partial charge in [0.25, 0.3) is 0 Å². The molecule has 1 saturated carbocycles. The number of nitrogens with zero attached hydrogens (tertiary/aromatic N) is 1. The molecular formula is C37H44F3N3O2. The highest BCUT2D eigenvalue weighted by atomic mass is 19.3. The lowest BCUT2D eigenvalue weighted by atomic mass is 9.88. The first-order valence-corrected chi connectivity index (χ1v) is 16.5. The minimum absolute atomic E-state index is 0.000794. The summed E-state index contributed by atoms with van der Waals surface area (Å²) in [6.07, 6.45) is 17.5. The van der Waals surface area contributed by atoms with Crippen molar-refractivity contribution in [1.29, 1.82) is 0 Å². The summed E-state index contributed by atoms with van der Waals surface area (Å²) in [4.78, 5) is 4.50. The topological polar surface area (TPSA) is 65.9 Å². The normalized spacial score (nSPS) is 25.8. The minimum atomic E-state index is -2.52. The maximum atomic E-state index is 14.0. The van der Waals surface area contributed by atoms with Crippen molar-refractivity contribution in [3.63, 3.8) is 0 Å². The van der Waals surface area contributed by atoms with Crippen LogP contribution in [0.3, 0.4) is 0 Å². The number of aliphatic imine (C=N–C) groups is 1. The van der Waals surface area contributed by atoms with Gasteiger partial charge in [0.05, 0.1) is 6.54 Å². The molecule has 1 aromatic rings. The third-order valence-electron chi connectivity index (χ3n) is 9.51. The van der Waals surface area contributed by atoms with Crippen LogP contribution >= 0.6 is 0 Å². The van der Waals surface area contributed by atoms with Crippen molar-refractivity contribution in [1.82, 2.24) is 5.32 Å². The Hall–Kier alpha value is -3.36. The molecule has 5 nitrogen and oxygen atoms in total. The van der Waals surface area contributed by atoms with Gasteiger partial charge >= 0.3 is 0 Å². The average molecular weight is 620 g/mol.